The quantitative estimate of drug-likeness (QED) is 0.0983. The van der Waals surface area contributed by atoms with Crippen molar-refractivity contribution in [2.75, 3.05) is 13.2 Å². The van der Waals surface area contributed by atoms with Crippen LogP contribution >= 0.6 is 0 Å². The predicted molar refractivity (Wildman–Crippen MR) is 121 cm³/mol. The Morgan fingerprint density at radius 1 is 0.634 bits per heavy atom. The van der Waals surface area contributed by atoms with E-state index in [4.69, 9.17) is 32.8 Å². The van der Waals surface area contributed by atoms with Gasteiger partial charge < -0.3 is 64.5 Å². The van der Waals surface area contributed by atoms with E-state index in [1.165, 1.54) is 6.92 Å². The van der Waals surface area contributed by atoms with Gasteiger partial charge in [-0.3, -0.25) is 9.11 Å². The molecule has 0 aromatic heterocycles. The summed E-state index contributed by atoms with van der Waals surface area (Å²) in [7, 11) is -10.5. The molecule has 41 heavy (non-hydrogen) atoms. The van der Waals surface area contributed by atoms with Gasteiger partial charge in [-0.2, -0.15) is 16.8 Å². The standard InChI is InChI=1S/C18H32O21S2/c1-4-7(20)9(22)10(23)17(34-4)38-15-11(24)16(26)35-5(2-19)13(15)37-18-12(25)14(39-41(30,31)32)8(21)6(36-18)3-33-40(27,28)29/h4-26H,2-3H2,1H3,(H,27,28,29)(H,30,31,32)/t4-,5+,6+,7+,8-,9+,10-,11+,12+,13+,14-,15+,16+,17-,18-/m0/s1. The van der Waals surface area contributed by atoms with Gasteiger partial charge in [0.2, 0.25) is 0 Å². The van der Waals surface area contributed by atoms with Gasteiger partial charge in [-0.1, -0.05) is 0 Å². The molecule has 3 heterocycles. The van der Waals surface area contributed by atoms with Crippen molar-refractivity contribution in [1.29, 1.82) is 0 Å². The lowest BCUT2D eigenvalue weighted by Crippen LogP contribution is -2.67. The molecular formula is C18H32O21S2. The molecule has 242 valence electrons. The average molecular weight is 649 g/mol. The minimum atomic E-state index is -5.39. The maximum Gasteiger partial charge on any atom is 0.397 e. The molecule has 0 aromatic rings. The van der Waals surface area contributed by atoms with Gasteiger partial charge in [0.1, 0.15) is 67.1 Å². The number of aliphatic hydroxyl groups is 8. The SMILES string of the molecule is C[C@@H]1O[C@@H](O[C@@H]2[C@@H](O)[C@H](O)O[C@H](CO)[C@H]2O[C@@H]2O[C@H](COS(=O)(=O)O)[C@H](O)[C@H](OS(=O)(=O)O)[C@H]2O)[C@@H](O)[C@H](O)[C@@H]1O. The van der Waals surface area contributed by atoms with Crippen LogP contribution in [-0.2, 0) is 52.8 Å². The van der Waals surface area contributed by atoms with Crippen molar-refractivity contribution >= 4 is 20.8 Å². The summed E-state index contributed by atoms with van der Waals surface area (Å²) in [6.07, 6.45) is -28.7. The number of hydrogen-bond donors (Lipinski definition) is 10. The molecular weight excluding hydrogens is 616 g/mol. The van der Waals surface area contributed by atoms with Gasteiger partial charge in [-0.25, -0.2) is 8.37 Å². The molecule has 3 aliphatic heterocycles. The molecule has 21 nitrogen and oxygen atoms in total. The zero-order valence-electron chi connectivity index (χ0n) is 20.9. The molecule has 3 rings (SSSR count). The monoisotopic (exact) mass is 648 g/mol. The second kappa shape index (κ2) is 13.5. The van der Waals surface area contributed by atoms with Crippen LogP contribution in [0.5, 0.6) is 0 Å². The molecule has 3 fully saturated rings. The third-order valence-corrected chi connectivity index (χ3v) is 7.36. The number of rotatable bonds is 10. The van der Waals surface area contributed by atoms with E-state index in [-0.39, 0.29) is 0 Å². The summed E-state index contributed by atoms with van der Waals surface area (Å²) in [5.41, 5.74) is 0. The third kappa shape index (κ3) is 8.44. The molecule has 0 saturated carbocycles. The zero-order valence-corrected chi connectivity index (χ0v) is 22.5. The average Bonchev–Trinajstić information content (AvgIpc) is 2.87. The highest BCUT2D eigenvalue weighted by molar-refractivity contribution is 7.81. The van der Waals surface area contributed by atoms with Gasteiger partial charge in [0.05, 0.1) is 19.3 Å². The minimum absolute atomic E-state index is 0.980. The van der Waals surface area contributed by atoms with Crippen molar-refractivity contribution in [3.63, 3.8) is 0 Å². The van der Waals surface area contributed by atoms with E-state index in [2.05, 4.69) is 8.37 Å². The van der Waals surface area contributed by atoms with Crippen LogP contribution in [0.25, 0.3) is 0 Å². The fourth-order valence-electron chi connectivity index (χ4n) is 4.37. The normalized spacial score (nSPS) is 46.4. The Morgan fingerprint density at radius 3 is 1.78 bits per heavy atom. The van der Waals surface area contributed by atoms with E-state index in [0.29, 0.717) is 0 Å². The highest BCUT2D eigenvalue weighted by Gasteiger charge is 2.54. The molecule has 0 aliphatic carbocycles. The molecule has 0 aromatic carbocycles. The van der Waals surface area contributed by atoms with Gasteiger partial charge in [-0.15, -0.1) is 0 Å². The Morgan fingerprint density at radius 2 is 1.22 bits per heavy atom. The van der Waals surface area contributed by atoms with Crippen LogP contribution in [0.4, 0.5) is 0 Å². The van der Waals surface area contributed by atoms with Crippen LogP contribution in [-0.4, -0.2) is 172 Å². The third-order valence-electron chi connectivity index (χ3n) is 6.46. The van der Waals surface area contributed by atoms with Crippen molar-refractivity contribution in [2.24, 2.45) is 0 Å². The summed E-state index contributed by atoms with van der Waals surface area (Å²) in [5, 5.41) is 81.9. The summed E-state index contributed by atoms with van der Waals surface area (Å²) >= 11 is 0. The first-order valence-corrected chi connectivity index (χ1v) is 14.5. The summed E-state index contributed by atoms with van der Waals surface area (Å²) in [6, 6.07) is 0. The summed E-state index contributed by atoms with van der Waals surface area (Å²) in [6.45, 7) is -0.895. The summed E-state index contributed by atoms with van der Waals surface area (Å²) in [4.78, 5) is 0. The zero-order chi connectivity index (χ0) is 31.0. The van der Waals surface area contributed by atoms with Crippen LogP contribution in [0.2, 0.25) is 0 Å². The fourth-order valence-corrected chi connectivity index (χ4v) is 5.18. The highest BCUT2D eigenvalue weighted by atomic mass is 32.3. The van der Waals surface area contributed by atoms with Crippen molar-refractivity contribution in [3.05, 3.63) is 0 Å². The van der Waals surface area contributed by atoms with Crippen LogP contribution in [0.1, 0.15) is 6.92 Å². The van der Waals surface area contributed by atoms with Crippen molar-refractivity contribution in [3.8, 4) is 0 Å². The largest absolute Gasteiger partial charge is 0.397 e. The topological polar surface area (TPSA) is 335 Å². The van der Waals surface area contributed by atoms with Crippen LogP contribution < -0.4 is 0 Å². The summed E-state index contributed by atoms with van der Waals surface area (Å²) in [5.74, 6) is 0. The Balaban J connectivity index is 1.92. The molecule has 3 saturated heterocycles. The fraction of sp³-hybridized carbons (Fsp3) is 1.00. The van der Waals surface area contributed by atoms with Crippen molar-refractivity contribution in [1.82, 2.24) is 0 Å². The molecule has 0 spiro atoms. The van der Waals surface area contributed by atoms with Gasteiger partial charge >= 0.3 is 20.8 Å². The summed E-state index contributed by atoms with van der Waals surface area (Å²) < 4.78 is 97.6. The lowest BCUT2D eigenvalue weighted by molar-refractivity contribution is -0.381. The second-order valence-corrected chi connectivity index (χ2v) is 11.5. The van der Waals surface area contributed by atoms with Gasteiger partial charge in [-0.05, 0) is 6.92 Å². The molecule has 3 aliphatic rings. The predicted octanol–water partition coefficient (Wildman–Crippen LogP) is -6.89. The molecule has 0 radical (unpaired) electrons. The Labute approximate surface area is 232 Å². The highest BCUT2D eigenvalue weighted by Crippen LogP contribution is 2.33. The van der Waals surface area contributed by atoms with Gasteiger partial charge in [0, 0.05) is 0 Å². The molecule has 10 N–H and O–H groups in total. The molecule has 0 bridgehead atoms. The number of ether oxygens (including phenoxy) is 5. The molecule has 15 atom stereocenters. The maximum absolute atomic E-state index is 11.3. The lowest BCUT2D eigenvalue weighted by Gasteiger charge is -2.48. The smallest absolute Gasteiger partial charge is 0.394 e. The van der Waals surface area contributed by atoms with E-state index in [1.807, 2.05) is 0 Å². The van der Waals surface area contributed by atoms with Crippen molar-refractivity contribution in [2.45, 2.75) is 99.0 Å². The van der Waals surface area contributed by atoms with Crippen LogP contribution in [0.3, 0.4) is 0 Å². The van der Waals surface area contributed by atoms with E-state index >= 15 is 0 Å². The van der Waals surface area contributed by atoms with E-state index in [1.54, 1.807) is 0 Å². The number of aliphatic hydroxyl groups excluding tert-OH is 8. The van der Waals surface area contributed by atoms with Crippen molar-refractivity contribution < 1.29 is 98.8 Å². The lowest BCUT2D eigenvalue weighted by atomic mass is 9.96. The van der Waals surface area contributed by atoms with Gasteiger partial charge in [0.25, 0.3) is 0 Å². The minimum Gasteiger partial charge on any atom is -0.394 e. The van der Waals surface area contributed by atoms with E-state index in [9.17, 15) is 57.7 Å². The molecule has 0 unspecified atom stereocenters. The first-order valence-electron chi connectivity index (χ1n) is 11.8. The van der Waals surface area contributed by atoms with E-state index < -0.39 is 126 Å². The molecule has 23 heteroatoms. The van der Waals surface area contributed by atoms with E-state index in [0.717, 1.165) is 0 Å². The Hall–Kier alpha value is -0.780. The first kappa shape index (κ1) is 34.7. The second-order valence-electron chi connectivity index (χ2n) is 9.35. The Kier molecular flexibility index (Phi) is 11.4. The van der Waals surface area contributed by atoms with Crippen LogP contribution in [0.15, 0.2) is 0 Å². The first-order chi connectivity index (χ1) is 18.8. The van der Waals surface area contributed by atoms with Gasteiger partial charge in [0.15, 0.2) is 18.9 Å². The number of hydrogen-bond acceptors (Lipinski definition) is 19. The van der Waals surface area contributed by atoms with Crippen LogP contribution in [0, 0.1) is 0 Å². The maximum atomic E-state index is 11.3. The Bertz CT molecular complexity index is 1070. The molecule has 0 amide bonds.